The highest BCUT2D eigenvalue weighted by Crippen LogP contribution is 2.33. The molecule has 1 aromatic rings. The number of methoxy groups -OCH3 is 1. The maximum Gasteiger partial charge on any atom is 0.230 e. The summed E-state index contributed by atoms with van der Waals surface area (Å²) in [6.07, 6.45) is 0. The van der Waals surface area contributed by atoms with Crippen LogP contribution in [0.15, 0.2) is 23.1 Å². The number of ether oxygens (including phenoxy) is 3. The molecule has 1 aliphatic heterocycles. The lowest BCUT2D eigenvalue weighted by Crippen LogP contribution is -2.28. The Bertz CT molecular complexity index is 439. The summed E-state index contributed by atoms with van der Waals surface area (Å²) in [4.78, 5) is 12.5. The van der Waals surface area contributed by atoms with Crippen molar-refractivity contribution in [2.45, 2.75) is 4.90 Å². The first-order valence-corrected chi connectivity index (χ1v) is 7.06. The smallest absolute Gasteiger partial charge is 0.230 e. The topological polar surface area (TPSA) is 56.8 Å². The van der Waals surface area contributed by atoms with Crippen molar-refractivity contribution in [2.24, 2.45) is 0 Å². The molecule has 0 bridgehead atoms. The van der Waals surface area contributed by atoms with Crippen LogP contribution in [0.1, 0.15) is 0 Å². The first-order valence-electron chi connectivity index (χ1n) is 6.07. The molecule has 0 atom stereocenters. The Labute approximate surface area is 116 Å². The summed E-state index contributed by atoms with van der Waals surface area (Å²) in [7, 11) is 1.61. The van der Waals surface area contributed by atoms with E-state index < -0.39 is 0 Å². The van der Waals surface area contributed by atoms with E-state index in [1.807, 2.05) is 18.2 Å². The van der Waals surface area contributed by atoms with E-state index in [-0.39, 0.29) is 5.91 Å². The molecule has 104 valence electrons. The van der Waals surface area contributed by atoms with Gasteiger partial charge in [0.2, 0.25) is 5.91 Å². The highest BCUT2D eigenvalue weighted by atomic mass is 32.2. The fourth-order valence-corrected chi connectivity index (χ4v) is 2.36. The lowest BCUT2D eigenvalue weighted by atomic mass is 10.3. The van der Waals surface area contributed by atoms with Gasteiger partial charge in [-0.25, -0.2) is 0 Å². The van der Waals surface area contributed by atoms with Crippen LogP contribution in [0.25, 0.3) is 0 Å². The summed E-state index contributed by atoms with van der Waals surface area (Å²) >= 11 is 1.47. The second-order valence-electron chi connectivity index (χ2n) is 3.94. The van der Waals surface area contributed by atoms with E-state index >= 15 is 0 Å². The van der Waals surface area contributed by atoms with E-state index in [2.05, 4.69) is 5.32 Å². The van der Waals surface area contributed by atoms with E-state index in [1.165, 1.54) is 11.8 Å². The average Bonchev–Trinajstić information content (AvgIpc) is 2.45. The molecule has 0 spiro atoms. The van der Waals surface area contributed by atoms with Gasteiger partial charge in [-0.3, -0.25) is 4.79 Å². The summed E-state index contributed by atoms with van der Waals surface area (Å²) in [5.41, 5.74) is 0. The first-order chi connectivity index (χ1) is 9.29. The third kappa shape index (κ3) is 4.33. The molecule has 0 saturated carbocycles. The number of thioether (sulfide) groups is 1. The number of hydrogen-bond donors (Lipinski definition) is 1. The third-order valence-electron chi connectivity index (χ3n) is 2.51. The van der Waals surface area contributed by atoms with Crippen LogP contribution < -0.4 is 14.8 Å². The number of carbonyl (C=O) groups is 1. The molecule has 0 saturated heterocycles. The van der Waals surface area contributed by atoms with Crippen molar-refractivity contribution in [1.82, 2.24) is 5.32 Å². The summed E-state index contributed by atoms with van der Waals surface area (Å²) in [5, 5.41) is 2.78. The Morgan fingerprint density at radius 3 is 2.95 bits per heavy atom. The molecule has 2 rings (SSSR count). The quantitative estimate of drug-likeness (QED) is 0.630. The molecule has 19 heavy (non-hydrogen) atoms. The molecule has 0 aliphatic carbocycles. The average molecular weight is 283 g/mol. The van der Waals surface area contributed by atoms with Crippen LogP contribution in [0.4, 0.5) is 0 Å². The number of benzene rings is 1. The van der Waals surface area contributed by atoms with Crippen LogP contribution in [0.2, 0.25) is 0 Å². The minimum absolute atomic E-state index is 0.00283. The maximum atomic E-state index is 11.5. The van der Waals surface area contributed by atoms with E-state index in [0.29, 0.717) is 32.1 Å². The molecular formula is C13H17NO4S. The second kappa shape index (κ2) is 7.25. The summed E-state index contributed by atoms with van der Waals surface area (Å²) in [6.45, 7) is 2.22. The SMILES string of the molecule is COCCNC(=O)CSc1ccc2c(c1)OCCO2. The van der Waals surface area contributed by atoms with Crippen molar-refractivity contribution in [3.05, 3.63) is 18.2 Å². The fraction of sp³-hybridized carbons (Fsp3) is 0.462. The number of fused-ring (bicyclic) bond motifs is 1. The van der Waals surface area contributed by atoms with Gasteiger partial charge in [0.15, 0.2) is 11.5 Å². The Kier molecular flexibility index (Phi) is 5.35. The summed E-state index contributed by atoms with van der Waals surface area (Å²) in [5.74, 6) is 1.89. The molecule has 1 aromatic carbocycles. The minimum atomic E-state index is -0.00283. The summed E-state index contributed by atoms with van der Waals surface area (Å²) in [6, 6.07) is 5.71. The Hall–Kier alpha value is -1.40. The van der Waals surface area contributed by atoms with Crippen LogP contribution in [-0.2, 0) is 9.53 Å². The number of rotatable bonds is 6. The van der Waals surface area contributed by atoms with Crippen molar-refractivity contribution in [1.29, 1.82) is 0 Å². The lowest BCUT2D eigenvalue weighted by Gasteiger charge is -2.18. The van der Waals surface area contributed by atoms with Gasteiger partial charge in [-0.15, -0.1) is 11.8 Å². The van der Waals surface area contributed by atoms with Gasteiger partial charge < -0.3 is 19.5 Å². The van der Waals surface area contributed by atoms with Gasteiger partial charge in [0.1, 0.15) is 13.2 Å². The monoisotopic (exact) mass is 283 g/mol. The molecule has 0 aromatic heterocycles. The van der Waals surface area contributed by atoms with Crippen molar-refractivity contribution in [2.75, 3.05) is 39.2 Å². The molecular weight excluding hydrogens is 266 g/mol. The van der Waals surface area contributed by atoms with Gasteiger partial charge in [-0.1, -0.05) is 0 Å². The van der Waals surface area contributed by atoms with Crippen LogP contribution in [0.5, 0.6) is 11.5 Å². The van der Waals surface area contributed by atoms with Crippen molar-refractivity contribution >= 4 is 17.7 Å². The first kappa shape index (κ1) is 14.0. The molecule has 1 aliphatic rings. The van der Waals surface area contributed by atoms with E-state index in [1.54, 1.807) is 7.11 Å². The van der Waals surface area contributed by atoms with Crippen molar-refractivity contribution in [3.63, 3.8) is 0 Å². The van der Waals surface area contributed by atoms with E-state index in [4.69, 9.17) is 14.2 Å². The molecule has 1 N–H and O–H groups in total. The molecule has 6 heteroatoms. The van der Waals surface area contributed by atoms with Gasteiger partial charge in [0.25, 0.3) is 0 Å². The number of carbonyl (C=O) groups excluding carboxylic acids is 1. The predicted molar refractivity (Wildman–Crippen MR) is 73.0 cm³/mol. The third-order valence-corrected chi connectivity index (χ3v) is 3.51. The second-order valence-corrected chi connectivity index (χ2v) is 4.99. The highest BCUT2D eigenvalue weighted by molar-refractivity contribution is 8.00. The minimum Gasteiger partial charge on any atom is -0.486 e. The largest absolute Gasteiger partial charge is 0.486 e. The van der Waals surface area contributed by atoms with Crippen LogP contribution >= 0.6 is 11.8 Å². The molecule has 1 heterocycles. The molecule has 0 unspecified atom stereocenters. The van der Waals surface area contributed by atoms with Gasteiger partial charge in [0, 0.05) is 18.6 Å². The number of nitrogens with one attached hydrogen (secondary N) is 1. The van der Waals surface area contributed by atoms with Crippen molar-refractivity contribution in [3.8, 4) is 11.5 Å². The zero-order valence-corrected chi connectivity index (χ0v) is 11.6. The molecule has 5 nitrogen and oxygen atoms in total. The van der Waals surface area contributed by atoms with Crippen LogP contribution in [0.3, 0.4) is 0 Å². The number of hydrogen-bond acceptors (Lipinski definition) is 5. The zero-order valence-electron chi connectivity index (χ0n) is 10.8. The number of amides is 1. The van der Waals surface area contributed by atoms with Gasteiger partial charge in [0.05, 0.1) is 12.4 Å². The summed E-state index contributed by atoms with van der Waals surface area (Å²) < 4.78 is 15.8. The van der Waals surface area contributed by atoms with Crippen LogP contribution in [-0.4, -0.2) is 45.1 Å². The van der Waals surface area contributed by atoms with Gasteiger partial charge in [-0.2, -0.15) is 0 Å². The zero-order chi connectivity index (χ0) is 13.5. The normalized spacial score (nSPS) is 13.1. The van der Waals surface area contributed by atoms with Gasteiger partial charge >= 0.3 is 0 Å². The van der Waals surface area contributed by atoms with E-state index in [9.17, 15) is 4.79 Å². The van der Waals surface area contributed by atoms with Crippen LogP contribution in [0, 0.1) is 0 Å². The lowest BCUT2D eigenvalue weighted by molar-refractivity contribution is -0.118. The molecule has 1 amide bonds. The standard InChI is InChI=1S/C13H17NO4S/c1-16-5-4-14-13(15)9-19-10-2-3-11-12(8-10)18-7-6-17-11/h2-3,8H,4-7,9H2,1H3,(H,14,15). The Balaban J connectivity index is 1.81. The fourth-order valence-electron chi connectivity index (χ4n) is 1.61. The maximum absolute atomic E-state index is 11.5. The predicted octanol–water partition coefficient (Wildman–Crippen LogP) is 1.31. The van der Waals surface area contributed by atoms with E-state index in [0.717, 1.165) is 16.4 Å². The Morgan fingerprint density at radius 2 is 2.16 bits per heavy atom. The van der Waals surface area contributed by atoms with Crippen molar-refractivity contribution < 1.29 is 19.0 Å². The molecule has 0 fully saturated rings. The Morgan fingerprint density at radius 1 is 1.37 bits per heavy atom. The highest BCUT2D eigenvalue weighted by Gasteiger charge is 2.12. The molecule has 0 radical (unpaired) electrons. The van der Waals surface area contributed by atoms with Gasteiger partial charge in [-0.05, 0) is 18.2 Å².